The molecule has 1 unspecified atom stereocenters. The predicted molar refractivity (Wildman–Crippen MR) is 59.5 cm³/mol. The van der Waals surface area contributed by atoms with E-state index in [2.05, 4.69) is 0 Å². The number of likely N-dealkylation sites (tertiary alicyclic amines) is 1. The maximum atomic E-state index is 12.1. The third-order valence-corrected chi connectivity index (χ3v) is 3.43. The van der Waals surface area contributed by atoms with E-state index in [0.717, 1.165) is 6.42 Å². The molecule has 2 saturated heterocycles. The molecule has 0 aromatic heterocycles. The van der Waals surface area contributed by atoms with Gasteiger partial charge in [-0.2, -0.15) is 0 Å². The van der Waals surface area contributed by atoms with Gasteiger partial charge in [-0.05, 0) is 25.7 Å². The summed E-state index contributed by atoms with van der Waals surface area (Å²) in [6.45, 7) is 0.476. The molecule has 0 radical (unpaired) electrons. The Balaban J connectivity index is 2.00. The second-order valence-corrected chi connectivity index (χ2v) is 4.62. The van der Waals surface area contributed by atoms with Crippen LogP contribution < -0.4 is 5.73 Å². The molecular weight excluding hydrogens is 240 g/mol. The molecule has 0 bridgehead atoms. The van der Waals surface area contributed by atoms with Crippen LogP contribution in [0, 0.1) is 0 Å². The molecule has 2 aliphatic heterocycles. The molecule has 2 aliphatic rings. The van der Waals surface area contributed by atoms with Crippen LogP contribution in [0.2, 0.25) is 0 Å². The molecule has 0 aliphatic carbocycles. The van der Waals surface area contributed by atoms with Crippen molar-refractivity contribution in [3.8, 4) is 0 Å². The standard InChI is InChI=1S/C11H16N2O5/c12-9(14)6-2-1-5-13(6)10(15)7-3-4-8(18-7)11(16)17/h6-8H,1-5H2,(H2,12,14)(H,16,17)/t6?,7-,8+/m0/s1. The summed E-state index contributed by atoms with van der Waals surface area (Å²) in [6, 6.07) is -0.579. The van der Waals surface area contributed by atoms with E-state index in [1.165, 1.54) is 4.90 Å². The van der Waals surface area contributed by atoms with Gasteiger partial charge in [-0.25, -0.2) is 4.79 Å². The highest BCUT2D eigenvalue weighted by Crippen LogP contribution is 2.25. The summed E-state index contributed by atoms with van der Waals surface area (Å²) in [5, 5.41) is 8.79. The Morgan fingerprint density at radius 3 is 2.39 bits per heavy atom. The van der Waals surface area contributed by atoms with Gasteiger partial charge in [-0.15, -0.1) is 0 Å². The third-order valence-electron chi connectivity index (χ3n) is 3.43. The lowest BCUT2D eigenvalue weighted by Gasteiger charge is -2.25. The Morgan fingerprint density at radius 1 is 1.17 bits per heavy atom. The Kier molecular flexibility index (Phi) is 3.51. The zero-order valence-electron chi connectivity index (χ0n) is 9.87. The van der Waals surface area contributed by atoms with E-state index < -0.39 is 30.1 Å². The van der Waals surface area contributed by atoms with Gasteiger partial charge >= 0.3 is 5.97 Å². The van der Waals surface area contributed by atoms with Crippen molar-refractivity contribution in [1.29, 1.82) is 0 Å². The molecule has 18 heavy (non-hydrogen) atoms. The number of rotatable bonds is 3. The smallest absolute Gasteiger partial charge is 0.332 e. The second kappa shape index (κ2) is 4.93. The lowest BCUT2D eigenvalue weighted by molar-refractivity contribution is -0.156. The number of hydrogen-bond donors (Lipinski definition) is 2. The highest BCUT2D eigenvalue weighted by atomic mass is 16.5. The average Bonchev–Trinajstić information content (AvgIpc) is 2.97. The van der Waals surface area contributed by atoms with Crippen molar-refractivity contribution in [3.63, 3.8) is 0 Å². The number of ether oxygens (including phenoxy) is 1. The summed E-state index contributed by atoms with van der Waals surface area (Å²) in [7, 11) is 0. The lowest BCUT2D eigenvalue weighted by atomic mass is 10.1. The molecule has 100 valence electrons. The van der Waals surface area contributed by atoms with E-state index in [4.69, 9.17) is 15.6 Å². The second-order valence-electron chi connectivity index (χ2n) is 4.62. The molecule has 3 atom stereocenters. The van der Waals surface area contributed by atoms with Crippen molar-refractivity contribution in [3.05, 3.63) is 0 Å². The fraction of sp³-hybridized carbons (Fsp3) is 0.727. The van der Waals surface area contributed by atoms with Crippen LogP contribution in [0.4, 0.5) is 0 Å². The summed E-state index contributed by atoms with van der Waals surface area (Å²) < 4.78 is 5.18. The summed E-state index contributed by atoms with van der Waals surface area (Å²) in [6.07, 6.45) is 0.308. The van der Waals surface area contributed by atoms with Crippen molar-refractivity contribution in [1.82, 2.24) is 4.90 Å². The van der Waals surface area contributed by atoms with E-state index in [9.17, 15) is 14.4 Å². The molecule has 7 nitrogen and oxygen atoms in total. The van der Waals surface area contributed by atoms with Crippen LogP contribution in [0.3, 0.4) is 0 Å². The number of primary amides is 1. The number of nitrogens with two attached hydrogens (primary N) is 1. The van der Waals surface area contributed by atoms with Crippen LogP contribution in [0.25, 0.3) is 0 Å². The minimum Gasteiger partial charge on any atom is -0.479 e. The van der Waals surface area contributed by atoms with Crippen LogP contribution in [-0.2, 0) is 19.1 Å². The molecule has 2 amide bonds. The van der Waals surface area contributed by atoms with Crippen molar-refractivity contribution >= 4 is 17.8 Å². The zero-order valence-corrected chi connectivity index (χ0v) is 9.87. The number of carbonyl (C=O) groups is 3. The largest absolute Gasteiger partial charge is 0.479 e. The predicted octanol–water partition coefficient (Wildman–Crippen LogP) is -0.905. The summed E-state index contributed by atoms with van der Waals surface area (Å²) in [4.78, 5) is 35.5. The summed E-state index contributed by atoms with van der Waals surface area (Å²) in [5.41, 5.74) is 5.23. The van der Waals surface area contributed by atoms with Crippen molar-refractivity contribution in [2.24, 2.45) is 5.73 Å². The van der Waals surface area contributed by atoms with Crippen molar-refractivity contribution < 1.29 is 24.2 Å². The average molecular weight is 256 g/mol. The fourth-order valence-corrected chi connectivity index (χ4v) is 2.51. The minimum absolute atomic E-state index is 0.319. The van der Waals surface area contributed by atoms with Gasteiger partial charge < -0.3 is 20.5 Å². The third kappa shape index (κ3) is 2.31. The first kappa shape index (κ1) is 12.8. The summed E-state index contributed by atoms with van der Waals surface area (Å²) >= 11 is 0. The van der Waals surface area contributed by atoms with Crippen molar-refractivity contribution in [2.45, 2.75) is 43.9 Å². The Morgan fingerprint density at radius 2 is 1.83 bits per heavy atom. The Bertz CT molecular complexity index is 384. The monoisotopic (exact) mass is 256 g/mol. The van der Waals surface area contributed by atoms with Gasteiger partial charge in [-0.3, -0.25) is 9.59 Å². The molecule has 0 aromatic carbocycles. The van der Waals surface area contributed by atoms with Crippen molar-refractivity contribution in [2.75, 3.05) is 6.54 Å². The highest BCUT2D eigenvalue weighted by molar-refractivity contribution is 5.89. The number of aliphatic carboxylic acids is 1. The molecule has 2 heterocycles. The normalized spacial score (nSPS) is 31.6. The molecule has 2 fully saturated rings. The topological polar surface area (TPSA) is 110 Å². The van der Waals surface area contributed by atoms with Gasteiger partial charge in [0, 0.05) is 6.54 Å². The van der Waals surface area contributed by atoms with Crippen LogP contribution in [0.15, 0.2) is 0 Å². The van der Waals surface area contributed by atoms with Crippen LogP contribution in [0.1, 0.15) is 25.7 Å². The Hall–Kier alpha value is -1.63. The first-order valence-electron chi connectivity index (χ1n) is 5.98. The van der Waals surface area contributed by atoms with Gasteiger partial charge in [0.25, 0.3) is 5.91 Å². The molecule has 3 N–H and O–H groups in total. The number of carbonyl (C=O) groups excluding carboxylic acids is 2. The maximum Gasteiger partial charge on any atom is 0.332 e. The van der Waals surface area contributed by atoms with Gasteiger partial charge in [0.2, 0.25) is 5.91 Å². The van der Waals surface area contributed by atoms with E-state index in [1.54, 1.807) is 0 Å². The minimum atomic E-state index is -1.06. The summed E-state index contributed by atoms with van der Waals surface area (Å²) in [5.74, 6) is -1.90. The molecular formula is C11H16N2O5. The SMILES string of the molecule is NC(=O)C1CCCN1C(=O)[C@@H]1CC[C@H](C(=O)O)O1. The van der Waals surface area contributed by atoms with Crippen LogP contribution >= 0.6 is 0 Å². The fourth-order valence-electron chi connectivity index (χ4n) is 2.51. The van der Waals surface area contributed by atoms with Gasteiger partial charge in [-0.1, -0.05) is 0 Å². The van der Waals surface area contributed by atoms with E-state index in [1.807, 2.05) is 0 Å². The van der Waals surface area contributed by atoms with E-state index in [-0.39, 0.29) is 5.91 Å². The zero-order chi connectivity index (χ0) is 13.3. The number of nitrogens with zero attached hydrogens (tertiary/aromatic N) is 1. The molecule has 2 rings (SSSR count). The number of hydrogen-bond acceptors (Lipinski definition) is 4. The van der Waals surface area contributed by atoms with Gasteiger partial charge in [0.15, 0.2) is 6.10 Å². The quantitative estimate of drug-likeness (QED) is 0.679. The number of amides is 2. The van der Waals surface area contributed by atoms with Crippen LogP contribution in [0.5, 0.6) is 0 Å². The van der Waals surface area contributed by atoms with E-state index in [0.29, 0.717) is 25.8 Å². The highest BCUT2D eigenvalue weighted by Gasteiger charge is 2.41. The van der Waals surface area contributed by atoms with Gasteiger partial charge in [0.1, 0.15) is 12.1 Å². The Labute approximate surface area is 104 Å². The first-order valence-corrected chi connectivity index (χ1v) is 5.98. The maximum absolute atomic E-state index is 12.1. The number of carboxylic acid groups (broad SMARTS) is 1. The first-order chi connectivity index (χ1) is 8.50. The molecule has 0 saturated carbocycles. The van der Waals surface area contributed by atoms with Crippen LogP contribution in [-0.4, -0.2) is 52.6 Å². The van der Waals surface area contributed by atoms with Gasteiger partial charge in [0.05, 0.1) is 0 Å². The van der Waals surface area contributed by atoms with E-state index >= 15 is 0 Å². The lowest BCUT2D eigenvalue weighted by Crippen LogP contribution is -2.47. The number of carboxylic acids is 1. The molecule has 0 aromatic rings. The molecule has 0 spiro atoms. The molecule has 7 heteroatoms.